The molecule has 1 N–H and O–H groups in total. The first kappa shape index (κ1) is 14.5. The minimum Gasteiger partial charge on any atom is -0.347 e. The Bertz CT molecular complexity index is 789. The number of carbonyl (C=O) groups excluding carboxylic acids is 1. The molecule has 3 aromatic rings. The monoisotopic (exact) mass is 311 g/mol. The normalized spacial score (nSPS) is 10.6. The Labute approximate surface area is 133 Å². The standard InChI is InChI=1S/C17H17N3OS/c1-12-19-15(11-22-12)14-8-16(20(2)10-14)17(21)18-9-13-6-4-3-5-7-13/h3-8,10-11H,9H2,1-2H3,(H,18,21). The van der Waals surface area contributed by atoms with Crippen molar-refractivity contribution in [3.05, 3.63) is 64.2 Å². The minimum absolute atomic E-state index is 0.0791. The molecule has 0 spiro atoms. The van der Waals surface area contributed by atoms with Gasteiger partial charge in [-0.05, 0) is 18.6 Å². The molecule has 112 valence electrons. The fourth-order valence-electron chi connectivity index (χ4n) is 2.30. The van der Waals surface area contributed by atoms with Gasteiger partial charge in [0.1, 0.15) is 5.69 Å². The lowest BCUT2D eigenvalue weighted by Crippen LogP contribution is -2.24. The van der Waals surface area contributed by atoms with E-state index < -0.39 is 0 Å². The second-order valence-electron chi connectivity index (χ2n) is 5.14. The maximum Gasteiger partial charge on any atom is 0.268 e. The third kappa shape index (κ3) is 3.09. The molecule has 0 fully saturated rings. The summed E-state index contributed by atoms with van der Waals surface area (Å²) in [5.41, 5.74) is 3.61. The molecule has 0 aliphatic carbocycles. The Morgan fingerprint density at radius 1 is 1.32 bits per heavy atom. The Morgan fingerprint density at radius 3 is 2.77 bits per heavy atom. The highest BCUT2D eigenvalue weighted by molar-refractivity contribution is 7.09. The number of amides is 1. The minimum atomic E-state index is -0.0791. The molecule has 0 unspecified atom stereocenters. The fourth-order valence-corrected chi connectivity index (χ4v) is 2.92. The van der Waals surface area contributed by atoms with Gasteiger partial charge in [0.05, 0.1) is 10.7 Å². The van der Waals surface area contributed by atoms with Gasteiger partial charge in [0.25, 0.3) is 5.91 Å². The van der Waals surface area contributed by atoms with E-state index in [-0.39, 0.29) is 5.91 Å². The summed E-state index contributed by atoms with van der Waals surface area (Å²) < 4.78 is 1.84. The summed E-state index contributed by atoms with van der Waals surface area (Å²) in [7, 11) is 1.88. The van der Waals surface area contributed by atoms with Gasteiger partial charge in [-0.25, -0.2) is 4.98 Å². The van der Waals surface area contributed by atoms with E-state index in [9.17, 15) is 4.79 Å². The van der Waals surface area contributed by atoms with E-state index >= 15 is 0 Å². The zero-order valence-corrected chi connectivity index (χ0v) is 13.4. The van der Waals surface area contributed by atoms with Crippen molar-refractivity contribution in [1.29, 1.82) is 0 Å². The molecule has 1 amide bonds. The zero-order valence-electron chi connectivity index (χ0n) is 12.5. The molecule has 0 bridgehead atoms. The third-order valence-corrected chi connectivity index (χ3v) is 4.22. The van der Waals surface area contributed by atoms with Crippen LogP contribution in [0, 0.1) is 6.92 Å². The highest BCUT2D eigenvalue weighted by atomic mass is 32.1. The number of nitrogens with one attached hydrogen (secondary N) is 1. The fraction of sp³-hybridized carbons (Fsp3) is 0.176. The predicted octanol–water partition coefficient (Wildman–Crippen LogP) is 3.39. The first-order chi connectivity index (χ1) is 10.6. The summed E-state index contributed by atoms with van der Waals surface area (Å²) in [5, 5.41) is 5.98. The van der Waals surface area contributed by atoms with E-state index in [0.29, 0.717) is 12.2 Å². The summed E-state index contributed by atoms with van der Waals surface area (Å²) in [6.45, 7) is 2.50. The van der Waals surface area contributed by atoms with Crippen molar-refractivity contribution >= 4 is 17.2 Å². The third-order valence-electron chi connectivity index (χ3n) is 3.45. The SMILES string of the molecule is Cc1nc(-c2cc(C(=O)NCc3ccccc3)n(C)c2)cs1. The number of thiazole rings is 1. The van der Waals surface area contributed by atoms with Gasteiger partial charge in [0.15, 0.2) is 0 Å². The Morgan fingerprint density at radius 2 is 2.09 bits per heavy atom. The molecule has 2 aromatic heterocycles. The second-order valence-corrected chi connectivity index (χ2v) is 6.21. The van der Waals surface area contributed by atoms with Crippen LogP contribution < -0.4 is 5.32 Å². The van der Waals surface area contributed by atoms with Crippen molar-refractivity contribution in [2.75, 3.05) is 0 Å². The van der Waals surface area contributed by atoms with Crippen LogP contribution in [0.5, 0.6) is 0 Å². The molecular weight excluding hydrogens is 294 g/mol. The number of carbonyl (C=O) groups is 1. The molecule has 0 saturated carbocycles. The van der Waals surface area contributed by atoms with Gasteiger partial charge < -0.3 is 9.88 Å². The predicted molar refractivity (Wildman–Crippen MR) is 88.9 cm³/mol. The topological polar surface area (TPSA) is 46.9 Å². The van der Waals surface area contributed by atoms with E-state index in [1.165, 1.54) is 0 Å². The van der Waals surface area contributed by atoms with Gasteiger partial charge >= 0.3 is 0 Å². The molecule has 22 heavy (non-hydrogen) atoms. The highest BCUT2D eigenvalue weighted by Crippen LogP contribution is 2.23. The molecular formula is C17H17N3OS. The molecule has 3 rings (SSSR count). The van der Waals surface area contributed by atoms with Gasteiger partial charge in [-0.2, -0.15) is 0 Å². The largest absolute Gasteiger partial charge is 0.347 e. The van der Waals surface area contributed by atoms with Crippen molar-refractivity contribution in [2.24, 2.45) is 7.05 Å². The average Bonchev–Trinajstić information content (AvgIpc) is 3.12. The Hall–Kier alpha value is -2.40. The molecule has 0 radical (unpaired) electrons. The first-order valence-electron chi connectivity index (χ1n) is 7.04. The quantitative estimate of drug-likeness (QED) is 0.803. The molecule has 4 nitrogen and oxygen atoms in total. The van der Waals surface area contributed by atoms with Crippen molar-refractivity contribution in [1.82, 2.24) is 14.9 Å². The van der Waals surface area contributed by atoms with E-state index in [1.807, 2.05) is 66.5 Å². The zero-order chi connectivity index (χ0) is 15.5. The number of benzene rings is 1. The van der Waals surface area contributed by atoms with Gasteiger partial charge in [0.2, 0.25) is 0 Å². The van der Waals surface area contributed by atoms with Gasteiger partial charge in [-0.3, -0.25) is 4.79 Å². The Kier molecular flexibility index (Phi) is 4.06. The van der Waals surface area contributed by atoms with Crippen LogP contribution in [0.4, 0.5) is 0 Å². The molecule has 0 atom stereocenters. The molecule has 0 aliphatic rings. The molecule has 1 aromatic carbocycles. The summed E-state index contributed by atoms with van der Waals surface area (Å²) >= 11 is 1.61. The number of aromatic nitrogens is 2. The van der Waals surface area contributed by atoms with Crippen LogP contribution in [0.1, 0.15) is 21.1 Å². The summed E-state index contributed by atoms with van der Waals surface area (Å²) in [4.78, 5) is 16.8. The average molecular weight is 311 g/mol. The van der Waals surface area contributed by atoms with Crippen LogP contribution in [-0.2, 0) is 13.6 Å². The van der Waals surface area contributed by atoms with Crippen LogP contribution in [0.15, 0.2) is 48.0 Å². The lowest BCUT2D eigenvalue weighted by molar-refractivity contribution is 0.0943. The number of rotatable bonds is 4. The van der Waals surface area contributed by atoms with Crippen LogP contribution in [0.25, 0.3) is 11.3 Å². The number of hydrogen-bond donors (Lipinski definition) is 1. The van der Waals surface area contributed by atoms with E-state index in [1.54, 1.807) is 11.3 Å². The van der Waals surface area contributed by atoms with E-state index in [2.05, 4.69) is 10.3 Å². The number of hydrogen-bond acceptors (Lipinski definition) is 3. The maximum atomic E-state index is 12.3. The Balaban J connectivity index is 1.74. The van der Waals surface area contributed by atoms with Crippen molar-refractivity contribution in [3.63, 3.8) is 0 Å². The van der Waals surface area contributed by atoms with Crippen molar-refractivity contribution in [3.8, 4) is 11.3 Å². The highest BCUT2D eigenvalue weighted by Gasteiger charge is 2.13. The number of aryl methyl sites for hydroxylation is 2. The summed E-state index contributed by atoms with van der Waals surface area (Å²) in [6, 6.07) is 11.8. The van der Waals surface area contributed by atoms with E-state index in [4.69, 9.17) is 0 Å². The first-order valence-corrected chi connectivity index (χ1v) is 7.92. The van der Waals surface area contributed by atoms with Crippen LogP contribution in [0.3, 0.4) is 0 Å². The lowest BCUT2D eigenvalue weighted by Gasteiger charge is -2.05. The molecule has 0 aliphatic heterocycles. The maximum absolute atomic E-state index is 12.3. The smallest absolute Gasteiger partial charge is 0.268 e. The van der Waals surface area contributed by atoms with E-state index in [0.717, 1.165) is 21.8 Å². The molecule has 2 heterocycles. The van der Waals surface area contributed by atoms with Crippen LogP contribution in [0.2, 0.25) is 0 Å². The van der Waals surface area contributed by atoms with Gasteiger partial charge in [-0.15, -0.1) is 11.3 Å². The number of nitrogens with zero attached hydrogens (tertiary/aromatic N) is 2. The van der Waals surface area contributed by atoms with Crippen LogP contribution >= 0.6 is 11.3 Å². The van der Waals surface area contributed by atoms with Gasteiger partial charge in [0, 0.05) is 30.7 Å². The molecule has 0 saturated heterocycles. The van der Waals surface area contributed by atoms with Crippen molar-refractivity contribution in [2.45, 2.75) is 13.5 Å². The molecule has 5 heteroatoms. The summed E-state index contributed by atoms with van der Waals surface area (Å²) in [6.07, 6.45) is 1.94. The van der Waals surface area contributed by atoms with Gasteiger partial charge in [-0.1, -0.05) is 30.3 Å². The lowest BCUT2D eigenvalue weighted by atomic mass is 10.2. The van der Waals surface area contributed by atoms with Crippen molar-refractivity contribution < 1.29 is 4.79 Å². The second kappa shape index (κ2) is 6.15. The summed E-state index contributed by atoms with van der Waals surface area (Å²) in [5.74, 6) is -0.0791. The van der Waals surface area contributed by atoms with Crippen LogP contribution in [-0.4, -0.2) is 15.5 Å².